The van der Waals surface area contributed by atoms with Crippen molar-refractivity contribution in [1.82, 2.24) is 10.2 Å². The number of halogens is 2. The molecular weight excluding hydrogens is 585 g/mol. The highest BCUT2D eigenvalue weighted by atomic mass is 35.5. The number of benzene rings is 3. The standard InChI is InChI=1S/C30H35Cl2N3O5S/c1-6-26(30(37)33-20(2)3)34(18-23-24(31)13-10-14-25(23)32)29(36)19-35(27-17-21(4)15-16-28(27)40-5)41(38,39)22-11-8-7-9-12-22/h7-17,20,26H,6,18-19H2,1-5H3,(H,33,37)/t26-/m1/s1. The quantitative estimate of drug-likeness (QED) is 0.275. The number of sulfonamides is 1. The third-order valence-electron chi connectivity index (χ3n) is 6.42. The van der Waals surface area contributed by atoms with Gasteiger partial charge in [0.25, 0.3) is 10.0 Å². The fourth-order valence-corrected chi connectivity index (χ4v) is 6.34. The number of anilines is 1. The maximum Gasteiger partial charge on any atom is 0.264 e. The molecule has 0 fully saturated rings. The van der Waals surface area contributed by atoms with E-state index in [-0.39, 0.29) is 41.2 Å². The lowest BCUT2D eigenvalue weighted by Crippen LogP contribution is -2.53. The summed E-state index contributed by atoms with van der Waals surface area (Å²) in [5.74, 6) is -0.715. The number of nitrogens with zero attached hydrogens (tertiary/aromatic N) is 2. The van der Waals surface area contributed by atoms with Crippen molar-refractivity contribution in [2.24, 2.45) is 0 Å². The first kappa shape index (κ1) is 32.2. The van der Waals surface area contributed by atoms with Gasteiger partial charge in [0.15, 0.2) is 0 Å². The molecule has 0 saturated carbocycles. The zero-order valence-electron chi connectivity index (χ0n) is 23.7. The van der Waals surface area contributed by atoms with E-state index in [0.29, 0.717) is 15.6 Å². The Morgan fingerprint density at radius 2 is 1.61 bits per heavy atom. The molecule has 0 aromatic heterocycles. The molecule has 1 atom stereocenters. The smallest absolute Gasteiger partial charge is 0.264 e. The Labute approximate surface area is 252 Å². The van der Waals surface area contributed by atoms with Gasteiger partial charge >= 0.3 is 0 Å². The highest BCUT2D eigenvalue weighted by Crippen LogP contribution is 2.34. The van der Waals surface area contributed by atoms with Crippen molar-refractivity contribution >= 4 is 50.7 Å². The van der Waals surface area contributed by atoms with E-state index in [1.807, 2.05) is 20.8 Å². The zero-order chi connectivity index (χ0) is 30.3. The minimum Gasteiger partial charge on any atom is -0.495 e. The molecule has 0 heterocycles. The van der Waals surface area contributed by atoms with Crippen LogP contribution in [0.2, 0.25) is 10.0 Å². The van der Waals surface area contributed by atoms with Crippen LogP contribution in [-0.2, 0) is 26.2 Å². The number of carbonyl (C=O) groups excluding carboxylic acids is 2. The van der Waals surface area contributed by atoms with E-state index in [2.05, 4.69) is 5.32 Å². The molecular formula is C30H35Cl2N3O5S. The summed E-state index contributed by atoms with van der Waals surface area (Å²) in [4.78, 5) is 28.8. The average molecular weight is 621 g/mol. The van der Waals surface area contributed by atoms with Crippen molar-refractivity contribution in [2.45, 2.75) is 57.6 Å². The number of ether oxygens (including phenoxy) is 1. The van der Waals surface area contributed by atoms with Crippen molar-refractivity contribution < 1.29 is 22.7 Å². The van der Waals surface area contributed by atoms with Gasteiger partial charge in [-0.2, -0.15) is 0 Å². The van der Waals surface area contributed by atoms with Crippen LogP contribution in [0.15, 0.2) is 71.6 Å². The van der Waals surface area contributed by atoms with Crippen LogP contribution in [-0.4, -0.2) is 50.9 Å². The second kappa shape index (κ2) is 14.1. The molecule has 0 spiro atoms. The van der Waals surface area contributed by atoms with E-state index in [4.69, 9.17) is 27.9 Å². The lowest BCUT2D eigenvalue weighted by atomic mass is 10.1. The van der Waals surface area contributed by atoms with E-state index in [0.717, 1.165) is 9.87 Å². The Hall–Kier alpha value is -3.27. The Bertz CT molecular complexity index is 1460. The minimum atomic E-state index is -4.24. The van der Waals surface area contributed by atoms with Gasteiger partial charge in [0.05, 0.1) is 17.7 Å². The van der Waals surface area contributed by atoms with Crippen molar-refractivity contribution in [1.29, 1.82) is 0 Å². The second-order valence-electron chi connectivity index (χ2n) is 9.81. The molecule has 1 N–H and O–H groups in total. The first-order valence-corrected chi connectivity index (χ1v) is 15.3. The maximum atomic E-state index is 14.2. The van der Waals surface area contributed by atoms with Crippen LogP contribution in [0, 0.1) is 6.92 Å². The van der Waals surface area contributed by atoms with Crippen molar-refractivity contribution in [3.8, 4) is 5.75 Å². The first-order valence-electron chi connectivity index (χ1n) is 13.2. The molecule has 8 nitrogen and oxygen atoms in total. The van der Waals surface area contributed by atoms with Gasteiger partial charge in [0.2, 0.25) is 11.8 Å². The summed E-state index contributed by atoms with van der Waals surface area (Å²) < 4.78 is 34.6. The highest BCUT2D eigenvalue weighted by molar-refractivity contribution is 7.92. The number of methoxy groups -OCH3 is 1. The summed E-state index contributed by atoms with van der Waals surface area (Å²) in [6.07, 6.45) is 0.269. The molecule has 3 aromatic rings. The number of nitrogens with one attached hydrogen (secondary N) is 1. The van der Waals surface area contributed by atoms with Gasteiger partial charge in [-0.15, -0.1) is 0 Å². The molecule has 0 aliphatic carbocycles. The number of amides is 2. The summed E-state index contributed by atoms with van der Waals surface area (Å²) in [7, 11) is -2.81. The normalized spacial score (nSPS) is 12.1. The van der Waals surface area contributed by atoms with Gasteiger partial charge in [-0.3, -0.25) is 13.9 Å². The summed E-state index contributed by atoms with van der Waals surface area (Å²) in [5.41, 5.74) is 1.41. The Kier molecular flexibility index (Phi) is 11.1. The predicted molar refractivity (Wildman–Crippen MR) is 163 cm³/mol. The van der Waals surface area contributed by atoms with Crippen molar-refractivity contribution in [2.75, 3.05) is 18.0 Å². The van der Waals surface area contributed by atoms with Crippen molar-refractivity contribution in [3.05, 3.63) is 87.9 Å². The Morgan fingerprint density at radius 1 is 0.976 bits per heavy atom. The van der Waals surface area contributed by atoms with Crippen LogP contribution >= 0.6 is 23.2 Å². The third kappa shape index (κ3) is 7.72. The molecule has 2 amide bonds. The topological polar surface area (TPSA) is 96.0 Å². The van der Waals surface area contributed by atoms with Crippen LogP contribution in [0.1, 0.15) is 38.3 Å². The fraction of sp³-hybridized carbons (Fsp3) is 0.333. The first-order chi connectivity index (χ1) is 19.4. The molecule has 0 unspecified atom stereocenters. The van der Waals surface area contributed by atoms with Crippen LogP contribution in [0.4, 0.5) is 5.69 Å². The number of aryl methyl sites for hydroxylation is 1. The minimum absolute atomic E-state index is 0.00153. The van der Waals surface area contributed by atoms with Crippen LogP contribution in [0.3, 0.4) is 0 Å². The molecule has 0 saturated heterocycles. The van der Waals surface area contributed by atoms with Gasteiger partial charge in [-0.1, -0.05) is 60.5 Å². The van der Waals surface area contributed by atoms with Gasteiger partial charge in [-0.05, 0) is 69.2 Å². The predicted octanol–water partition coefficient (Wildman–Crippen LogP) is 5.84. The van der Waals surface area contributed by atoms with Gasteiger partial charge in [-0.25, -0.2) is 8.42 Å². The van der Waals surface area contributed by atoms with Crippen LogP contribution < -0.4 is 14.4 Å². The Morgan fingerprint density at radius 3 is 2.17 bits per heavy atom. The summed E-state index contributed by atoms with van der Waals surface area (Å²) >= 11 is 12.9. The maximum absolute atomic E-state index is 14.2. The van der Waals surface area contributed by atoms with Crippen molar-refractivity contribution in [3.63, 3.8) is 0 Å². The fourth-order valence-electron chi connectivity index (χ4n) is 4.38. The van der Waals surface area contributed by atoms with Gasteiger partial charge < -0.3 is 15.0 Å². The number of carbonyl (C=O) groups is 2. The average Bonchev–Trinajstić information content (AvgIpc) is 2.93. The third-order valence-corrected chi connectivity index (χ3v) is 8.90. The van der Waals surface area contributed by atoms with Gasteiger partial charge in [0, 0.05) is 28.2 Å². The monoisotopic (exact) mass is 619 g/mol. The van der Waals surface area contributed by atoms with E-state index in [1.54, 1.807) is 61.5 Å². The summed E-state index contributed by atoms with van der Waals surface area (Å²) in [6.45, 7) is 6.52. The number of hydrogen-bond donors (Lipinski definition) is 1. The van der Waals surface area contributed by atoms with Crippen LogP contribution in [0.25, 0.3) is 0 Å². The number of hydrogen-bond acceptors (Lipinski definition) is 5. The van der Waals surface area contributed by atoms with E-state index in [9.17, 15) is 18.0 Å². The lowest BCUT2D eigenvalue weighted by Gasteiger charge is -2.34. The lowest BCUT2D eigenvalue weighted by molar-refractivity contribution is -0.140. The van der Waals surface area contributed by atoms with E-state index in [1.165, 1.54) is 24.1 Å². The Balaban J connectivity index is 2.16. The molecule has 41 heavy (non-hydrogen) atoms. The molecule has 0 bridgehead atoms. The SMILES string of the molecule is CC[C@H](C(=O)NC(C)C)N(Cc1c(Cl)cccc1Cl)C(=O)CN(c1cc(C)ccc1OC)S(=O)(=O)c1ccccc1. The molecule has 3 rings (SSSR count). The molecule has 0 aliphatic rings. The molecule has 220 valence electrons. The van der Waals surface area contributed by atoms with E-state index >= 15 is 0 Å². The second-order valence-corrected chi connectivity index (χ2v) is 12.5. The van der Waals surface area contributed by atoms with Gasteiger partial charge in [0.1, 0.15) is 18.3 Å². The molecule has 3 aromatic carbocycles. The number of rotatable bonds is 12. The molecule has 11 heteroatoms. The largest absolute Gasteiger partial charge is 0.495 e. The molecule has 0 aliphatic heterocycles. The van der Waals surface area contributed by atoms with E-state index < -0.39 is 28.5 Å². The zero-order valence-corrected chi connectivity index (χ0v) is 26.1. The highest BCUT2D eigenvalue weighted by Gasteiger charge is 2.35. The molecule has 0 radical (unpaired) electrons. The summed E-state index contributed by atoms with van der Waals surface area (Å²) in [6, 6.07) is 16.8. The summed E-state index contributed by atoms with van der Waals surface area (Å²) in [5, 5.41) is 3.51. The van der Waals surface area contributed by atoms with Crippen LogP contribution in [0.5, 0.6) is 5.75 Å².